The van der Waals surface area contributed by atoms with Crippen LogP contribution in [-0.4, -0.2) is 4.98 Å². The molecule has 1 nitrogen and oxygen atoms in total. The molecule has 0 spiro atoms. The van der Waals surface area contributed by atoms with Gasteiger partial charge in [0.25, 0.3) is 0 Å². The van der Waals surface area contributed by atoms with Gasteiger partial charge in [-0.2, -0.15) is 0 Å². The molecule has 0 atom stereocenters. The molecular weight excluding hydrogens is 179 g/mol. The summed E-state index contributed by atoms with van der Waals surface area (Å²) >= 11 is 0. The Morgan fingerprint density at radius 1 is 1.15 bits per heavy atom. The molecule has 0 amide bonds. The Balaban J connectivity index is 2.94. The number of aromatic nitrogens is 1. The number of rotatable bonds is 0. The molecule has 2 rings (SSSR count). The zero-order valence-corrected chi connectivity index (χ0v) is 6.31. The largest absolute Gasteiger partial charge is 0.263 e. The van der Waals surface area contributed by atoms with Crippen LogP contribution in [0.5, 0.6) is 0 Å². The lowest BCUT2D eigenvalue weighted by Gasteiger charge is -1.99. The smallest absolute Gasteiger partial charge is 0.195 e. The van der Waals surface area contributed by atoms with Crippen LogP contribution < -0.4 is 0 Å². The van der Waals surface area contributed by atoms with Gasteiger partial charge in [-0.05, 0) is 11.5 Å². The van der Waals surface area contributed by atoms with Gasteiger partial charge in [0.2, 0.25) is 0 Å². The molecule has 13 heavy (non-hydrogen) atoms. The summed E-state index contributed by atoms with van der Waals surface area (Å²) in [5, 5.41) is 0.104. The normalized spacial score (nSPS) is 10.7. The second-order valence-corrected chi connectivity index (χ2v) is 2.50. The topological polar surface area (TPSA) is 12.9 Å². The summed E-state index contributed by atoms with van der Waals surface area (Å²) in [5.74, 6) is -3.92. The highest BCUT2D eigenvalue weighted by Gasteiger charge is 2.12. The van der Waals surface area contributed by atoms with Crippen LogP contribution in [0.3, 0.4) is 0 Å². The lowest BCUT2D eigenvalue weighted by Crippen LogP contribution is -1.92. The molecule has 4 heteroatoms. The molecule has 0 saturated heterocycles. The number of hydrogen-bond donors (Lipinski definition) is 0. The zero-order chi connectivity index (χ0) is 9.42. The van der Waals surface area contributed by atoms with Gasteiger partial charge >= 0.3 is 0 Å². The van der Waals surface area contributed by atoms with Crippen LogP contribution in [0, 0.1) is 23.5 Å². The van der Waals surface area contributed by atoms with Gasteiger partial charge in [0, 0.05) is 23.8 Å². The van der Waals surface area contributed by atoms with E-state index in [9.17, 15) is 13.2 Å². The molecule has 65 valence electrons. The van der Waals surface area contributed by atoms with Crippen molar-refractivity contribution in [3.8, 4) is 0 Å². The molecule has 0 aliphatic heterocycles. The van der Waals surface area contributed by atoms with Crippen LogP contribution in [0.15, 0.2) is 18.5 Å². The SMILES string of the molecule is Fc1cc2[c]cncc2c(F)c1F. The maximum atomic E-state index is 13.0. The average molecular weight is 182 g/mol. The average Bonchev–Trinajstić information content (AvgIpc) is 2.15. The van der Waals surface area contributed by atoms with E-state index in [1.54, 1.807) is 0 Å². The molecule has 2 aromatic rings. The fraction of sp³-hybridized carbons (Fsp3) is 0. The summed E-state index contributed by atoms with van der Waals surface area (Å²) in [4.78, 5) is 3.56. The Bertz CT molecular complexity index is 468. The first-order chi connectivity index (χ1) is 6.20. The van der Waals surface area contributed by atoms with Gasteiger partial charge in [-0.25, -0.2) is 13.2 Å². The molecule has 1 heterocycles. The first-order valence-electron chi connectivity index (χ1n) is 3.49. The van der Waals surface area contributed by atoms with E-state index in [-0.39, 0.29) is 10.8 Å². The van der Waals surface area contributed by atoms with Crippen molar-refractivity contribution in [3.63, 3.8) is 0 Å². The molecule has 0 fully saturated rings. The van der Waals surface area contributed by atoms with Crippen molar-refractivity contribution in [3.05, 3.63) is 42.0 Å². The predicted octanol–water partition coefficient (Wildman–Crippen LogP) is 2.45. The lowest BCUT2D eigenvalue weighted by molar-refractivity contribution is 0.453. The Morgan fingerprint density at radius 3 is 2.69 bits per heavy atom. The highest BCUT2D eigenvalue weighted by molar-refractivity contribution is 5.81. The number of hydrogen-bond acceptors (Lipinski definition) is 1. The van der Waals surface area contributed by atoms with Gasteiger partial charge in [0.15, 0.2) is 17.5 Å². The van der Waals surface area contributed by atoms with Crippen LogP contribution in [0.2, 0.25) is 0 Å². The van der Waals surface area contributed by atoms with Crippen molar-refractivity contribution in [1.82, 2.24) is 4.98 Å². The van der Waals surface area contributed by atoms with Crippen molar-refractivity contribution in [2.75, 3.05) is 0 Å². The Hall–Kier alpha value is -1.58. The van der Waals surface area contributed by atoms with E-state index in [4.69, 9.17) is 0 Å². The first-order valence-corrected chi connectivity index (χ1v) is 3.49. The van der Waals surface area contributed by atoms with Crippen molar-refractivity contribution < 1.29 is 13.2 Å². The minimum atomic E-state index is -1.48. The highest BCUT2D eigenvalue weighted by Crippen LogP contribution is 2.21. The van der Waals surface area contributed by atoms with Gasteiger partial charge < -0.3 is 0 Å². The van der Waals surface area contributed by atoms with Gasteiger partial charge in [0.05, 0.1) is 0 Å². The summed E-state index contributed by atoms with van der Waals surface area (Å²) in [6.07, 6.45) is 2.39. The molecule has 0 aliphatic carbocycles. The number of nitrogens with zero attached hydrogens (tertiary/aromatic N) is 1. The fourth-order valence-corrected chi connectivity index (χ4v) is 1.07. The predicted molar refractivity (Wildman–Crippen MR) is 40.5 cm³/mol. The highest BCUT2D eigenvalue weighted by atomic mass is 19.2. The summed E-state index contributed by atoms with van der Waals surface area (Å²) in [7, 11) is 0. The van der Waals surface area contributed by atoms with Gasteiger partial charge in [-0.15, -0.1) is 0 Å². The molecule has 0 bridgehead atoms. The number of benzene rings is 1. The van der Waals surface area contributed by atoms with Crippen LogP contribution in [0.4, 0.5) is 13.2 Å². The summed E-state index contributed by atoms with van der Waals surface area (Å²) in [6, 6.07) is 3.39. The first kappa shape index (κ1) is 8.04. The van der Waals surface area contributed by atoms with Gasteiger partial charge in [0.1, 0.15) is 0 Å². The Morgan fingerprint density at radius 2 is 1.92 bits per heavy atom. The third-order valence-electron chi connectivity index (χ3n) is 1.70. The molecule has 1 aromatic carbocycles. The van der Waals surface area contributed by atoms with Crippen molar-refractivity contribution in [1.29, 1.82) is 0 Å². The molecule has 0 unspecified atom stereocenters. The summed E-state index contributed by atoms with van der Waals surface area (Å²) in [6.45, 7) is 0. The number of pyridine rings is 1. The third kappa shape index (κ3) is 1.14. The summed E-state index contributed by atoms with van der Waals surface area (Å²) in [5.41, 5.74) is 0. The lowest BCUT2D eigenvalue weighted by atomic mass is 10.1. The van der Waals surface area contributed by atoms with Crippen LogP contribution >= 0.6 is 0 Å². The molecule has 1 radical (unpaired) electrons. The van der Waals surface area contributed by atoms with E-state index in [1.807, 2.05) is 0 Å². The number of fused-ring (bicyclic) bond motifs is 1. The third-order valence-corrected chi connectivity index (χ3v) is 1.70. The van der Waals surface area contributed by atoms with Crippen LogP contribution in [0.1, 0.15) is 0 Å². The van der Waals surface area contributed by atoms with Crippen molar-refractivity contribution in [2.45, 2.75) is 0 Å². The monoisotopic (exact) mass is 182 g/mol. The van der Waals surface area contributed by atoms with Crippen molar-refractivity contribution in [2.24, 2.45) is 0 Å². The number of halogens is 3. The Labute approximate surface area is 71.8 Å². The molecule has 1 aromatic heterocycles. The van der Waals surface area contributed by atoms with Gasteiger partial charge in [-0.3, -0.25) is 4.98 Å². The summed E-state index contributed by atoms with van der Waals surface area (Å²) < 4.78 is 38.3. The maximum absolute atomic E-state index is 13.0. The quantitative estimate of drug-likeness (QED) is 0.570. The van der Waals surface area contributed by atoms with E-state index >= 15 is 0 Å². The van der Waals surface area contributed by atoms with E-state index in [0.717, 1.165) is 12.3 Å². The minimum Gasteiger partial charge on any atom is -0.263 e. The minimum absolute atomic E-state index is 0.0681. The van der Waals surface area contributed by atoms with Crippen LogP contribution in [-0.2, 0) is 0 Å². The molecular formula is C9H3F3N. The van der Waals surface area contributed by atoms with Crippen LogP contribution in [0.25, 0.3) is 10.8 Å². The zero-order valence-electron chi connectivity index (χ0n) is 6.31. The van der Waals surface area contributed by atoms with E-state index < -0.39 is 17.5 Å². The maximum Gasteiger partial charge on any atom is 0.195 e. The Kier molecular flexibility index (Phi) is 1.69. The standard InChI is InChI=1S/C9H3F3N/c10-7-3-5-1-2-13-4-6(5)8(11)9(7)12/h2-4H. The molecule has 0 saturated carbocycles. The fourth-order valence-electron chi connectivity index (χ4n) is 1.07. The van der Waals surface area contributed by atoms with E-state index in [1.165, 1.54) is 6.20 Å². The molecule has 0 N–H and O–H groups in total. The second-order valence-electron chi connectivity index (χ2n) is 2.50. The van der Waals surface area contributed by atoms with Gasteiger partial charge in [-0.1, -0.05) is 0 Å². The second kappa shape index (κ2) is 2.73. The molecule has 0 aliphatic rings. The van der Waals surface area contributed by atoms with Crippen molar-refractivity contribution >= 4 is 10.8 Å². The van der Waals surface area contributed by atoms with E-state index in [2.05, 4.69) is 11.1 Å². The van der Waals surface area contributed by atoms with E-state index in [0.29, 0.717) is 0 Å².